The molecule has 1 N–H and O–H groups in total. The molecule has 1 aromatic heterocycles. The van der Waals surface area contributed by atoms with Crippen LogP contribution >= 0.6 is 11.6 Å². The number of amides is 3. The zero-order valence-corrected chi connectivity index (χ0v) is 17.8. The Morgan fingerprint density at radius 2 is 1.94 bits per heavy atom. The van der Waals surface area contributed by atoms with Crippen molar-refractivity contribution in [3.63, 3.8) is 0 Å². The molecular weight excluding hydrogens is 452 g/mol. The molecule has 1 saturated heterocycles. The Kier molecular flexibility index (Phi) is 5.92. The van der Waals surface area contributed by atoms with E-state index in [9.17, 15) is 19.7 Å². The molecule has 0 radical (unpaired) electrons. The van der Waals surface area contributed by atoms with Crippen molar-refractivity contribution in [2.45, 2.75) is 0 Å². The lowest BCUT2D eigenvalue weighted by Gasteiger charge is -2.12. The fourth-order valence-electron chi connectivity index (χ4n) is 3.06. The summed E-state index contributed by atoms with van der Waals surface area (Å²) >= 11 is 5.97. The molecule has 0 unspecified atom stereocenters. The van der Waals surface area contributed by atoms with Crippen molar-refractivity contribution in [3.05, 3.63) is 87.2 Å². The van der Waals surface area contributed by atoms with E-state index in [2.05, 4.69) is 10.3 Å². The summed E-state index contributed by atoms with van der Waals surface area (Å²) < 4.78 is 11.0. The number of hydrogen-bond donors (Lipinski definition) is 1. The van der Waals surface area contributed by atoms with E-state index < -0.39 is 16.9 Å². The Morgan fingerprint density at radius 1 is 1.12 bits per heavy atom. The number of anilines is 1. The van der Waals surface area contributed by atoms with Crippen LogP contribution in [0.2, 0.25) is 5.02 Å². The second-order valence-electron chi connectivity index (χ2n) is 6.73. The molecule has 1 aliphatic heterocycles. The van der Waals surface area contributed by atoms with Crippen LogP contribution in [0.1, 0.15) is 5.56 Å². The van der Waals surface area contributed by atoms with E-state index in [1.807, 2.05) is 0 Å². The van der Waals surface area contributed by atoms with Crippen molar-refractivity contribution < 1.29 is 24.0 Å². The highest BCUT2D eigenvalue weighted by atomic mass is 35.5. The first-order valence-electron chi connectivity index (χ1n) is 9.45. The highest BCUT2D eigenvalue weighted by Gasteiger charge is 2.35. The van der Waals surface area contributed by atoms with E-state index in [-0.39, 0.29) is 17.3 Å². The fraction of sp³-hybridized carbons (Fsp3) is 0.0455. The van der Waals surface area contributed by atoms with E-state index in [1.165, 1.54) is 31.4 Å². The molecule has 1 aliphatic rings. The molecule has 0 spiro atoms. The minimum Gasteiger partial charge on any atom is -0.493 e. The molecule has 3 amide bonds. The van der Waals surface area contributed by atoms with Crippen LogP contribution in [0, 0.1) is 10.1 Å². The molecule has 166 valence electrons. The van der Waals surface area contributed by atoms with Crippen LogP contribution in [0.5, 0.6) is 17.4 Å². The summed E-state index contributed by atoms with van der Waals surface area (Å²) in [4.78, 5) is 40.2. The smallest absolute Gasteiger partial charge is 0.333 e. The average molecular weight is 467 g/mol. The zero-order chi connectivity index (χ0) is 23.5. The maximum absolute atomic E-state index is 12.8. The number of aromatic nitrogens is 1. The number of rotatable bonds is 6. The number of carbonyl (C=O) groups excluding carboxylic acids is 2. The maximum Gasteiger partial charge on any atom is 0.333 e. The third kappa shape index (κ3) is 4.60. The van der Waals surface area contributed by atoms with Crippen LogP contribution < -0.4 is 19.7 Å². The van der Waals surface area contributed by atoms with Crippen molar-refractivity contribution in [2.75, 3.05) is 12.0 Å². The second kappa shape index (κ2) is 8.97. The standard InChI is InChI=1S/C22H15ClN4O6/c1-32-19-10-13(5-7-18(19)33-20-8-6-16(12-24-20)27(30)31)9-17-21(28)26(22(29)25-17)15-4-2-3-14(23)11-15/h2-12H,1H3,(H,25,29)/b17-9-. The van der Waals surface area contributed by atoms with Crippen LogP contribution in [0.4, 0.5) is 16.2 Å². The van der Waals surface area contributed by atoms with Gasteiger partial charge >= 0.3 is 6.03 Å². The number of methoxy groups -OCH3 is 1. The van der Waals surface area contributed by atoms with Gasteiger partial charge in [0.2, 0.25) is 5.88 Å². The summed E-state index contributed by atoms with van der Waals surface area (Å²) in [7, 11) is 1.44. The highest BCUT2D eigenvalue weighted by molar-refractivity contribution is 6.32. The second-order valence-corrected chi connectivity index (χ2v) is 7.17. The van der Waals surface area contributed by atoms with Crippen LogP contribution in [0.3, 0.4) is 0 Å². The van der Waals surface area contributed by atoms with Gasteiger partial charge < -0.3 is 14.8 Å². The van der Waals surface area contributed by atoms with Crippen molar-refractivity contribution in [1.82, 2.24) is 10.3 Å². The van der Waals surface area contributed by atoms with Gasteiger partial charge in [-0.05, 0) is 42.0 Å². The summed E-state index contributed by atoms with van der Waals surface area (Å²) in [6.07, 6.45) is 2.59. The van der Waals surface area contributed by atoms with Gasteiger partial charge in [-0.3, -0.25) is 14.9 Å². The third-order valence-corrected chi connectivity index (χ3v) is 4.82. The number of pyridine rings is 1. The number of urea groups is 1. The first-order chi connectivity index (χ1) is 15.9. The van der Waals surface area contributed by atoms with Crippen molar-refractivity contribution in [2.24, 2.45) is 0 Å². The normalized spacial score (nSPS) is 14.4. The SMILES string of the molecule is COc1cc(/C=C2\NC(=O)N(c3cccc(Cl)c3)C2=O)ccc1Oc1ccc([N+](=O)[O-])cn1. The van der Waals surface area contributed by atoms with Gasteiger partial charge in [0, 0.05) is 17.2 Å². The Hall–Kier alpha value is -4.44. The molecule has 0 atom stereocenters. The van der Waals surface area contributed by atoms with Gasteiger partial charge in [0.15, 0.2) is 11.5 Å². The van der Waals surface area contributed by atoms with Gasteiger partial charge in [0.25, 0.3) is 11.6 Å². The lowest BCUT2D eigenvalue weighted by atomic mass is 10.1. The predicted molar refractivity (Wildman–Crippen MR) is 119 cm³/mol. The lowest BCUT2D eigenvalue weighted by molar-refractivity contribution is -0.385. The summed E-state index contributed by atoms with van der Waals surface area (Å²) in [5, 5.41) is 13.7. The van der Waals surface area contributed by atoms with Crippen LogP contribution in [0.15, 0.2) is 66.5 Å². The Labute approximate surface area is 192 Å². The van der Waals surface area contributed by atoms with Gasteiger partial charge in [0.05, 0.1) is 17.7 Å². The molecule has 0 bridgehead atoms. The largest absolute Gasteiger partial charge is 0.493 e. The Bertz CT molecular complexity index is 1290. The minimum absolute atomic E-state index is 0.0766. The topological polar surface area (TPSA) is 124 Å². The van der Waals surface area contributed by atoms with Crippen molar-refractivity contribution in [1.29, 1.82) is 0 Å². The number of nitro groups is 1. The summed E-state index contributed by atoms with van der Waals surface area (Å²) in [5.41, 5.74) is 0.830. The van der Waals surface area contributed by atoms with E-state index in [1.54, 1.807) is 36.4 Å². The molecule has 2 heterocycles. The number of nitrogens with one attached hydrogen (secondary N) is 1. The van der Waals surface area contributed by atoms with Crippen molar-refractivity contribution in [3.8, 4) is 17.4 Å². The summed E-state index contributed by atoms with van der Waals surface area (Å²) in [5.74, 6) is 0.244. The summed E-state index contributed by atoms with van der Waals surface area (Å²) in [6, 6.07) is 13.3. The summed E-state index contributed by atoms with van der Waals surface area (Å²) in [6.45, 7) is 0. The number of ether oxygens (including phenoxy) is 2. The third-order valence-electron chi connectivity index (χ3n) is 4.59. The Morgan fingerprint density at radius 3 is 2.61 bits per heavy atom. The molecule has 33 heavy (non-hydrogen) atoms. The van der Waals surface area contributed by atoms with Crippen molar-refractivity contribution >= 4 is 41.0 Å². The molecule has 11 heteroatoms. The minimum atomic E-state index is -0.593. The molecule has 2 aromatic carbocycles. The molecule has 1 fully saturated rings. The van der Waals surface area contributed by atoms with Gasteiger partial charge in [-0.25, -0.2) is 14.7 Å². The van der Waals surface area contributed by atoms with Crippen LogP contribution in [-0.2, 0) is 4.79 Å². The first-order valence-corrected chi connectivity index (χ1v) is 9.82. The predicted octanol–water partition coefficient (Wildman–Crippen LogP) is 4.54. The number of imide groups is 1. The first kappa shape index (κ1) is 21.8. The molecular formula is C22H15ClN4O6. The average Bonchev–Trinajstić information content (AvgIpc) is 3.07. The number of nitrogens with zero attached hydrogens (tertiary/aromatic N) is 3. The molecule has 10 nitrogen and oxygen atoms in total. The fourth-order valence-corrected chi connectivity index (χ4v) is 3.25. The van der Waals surface area contributed by atoms with Gasteiger partial charge in [0.1, 0.15) is 11.9 Å². The number of halogens is 1. The monoisotopic (exact) mass is 466 g/mol. The van der Waals surface area contributed by atoms with Crippen LogP contribution in [0.25, 0.3) is 6.08 Å². The van der Waals surface area contributed by atoms with E-state index >= 15 is 0 Å². The van der Waals surface area contributed by atoms with E-state index in [0.717, 1.165) is 11.1 Å². The van der Waals surface area contributed by atoms with Gasteiger partial charge in [-0.2, -0.15) is 0 Å². The molecule has 4 rings (SSSR count). The zero-order valence-electron chi connectivity index (χ0n) is 17.0. The maximum atomic E-state index is 12.8. The van der Waals surface area contributed by atoms with E-state index in [0.29, 0.717) is 27.8 Å². The quantitative estimate of drug-likeness (QED) is 0.245. The number of hydrogen-bond acceptors (Lipinski definition) is 7. The Balaban J connectivity index is 1.57. The molecule has 0 aliphatic carbocycles. The van der Waals surface area contributed by atoms with Crippen LogP contribution in [-0.4, -0.2) is 29.0 Å². The molecule has 0 saturated carbocycles. The number of benzene rings is 2. The highest BCUT2D eigenvalue weighted by Crippen LogP contribution is 2.33. The van der Waals surface area contributed by atoms with Gasteiger partial charge in [-0.1, -0.05) is 23.7 Å². The number of carbonyl (C=O) groups is 2. The molecule has 3 aromatic rings. The lowest BCUT2D eigenvalue weighted by Crippen LogP contribution is -2.30. The van der Waals surface area contributed by atoms with Gasteiger partial charge in [-0.15, -0.1) is 0 Å². The van der Waals surface area contributed by atoms with E-state index in [4.69, 9.17) is 21.1 Å².